The number of aliphatic carboxylic acids is 1. The van der Waals surface area contributed by atoms with Gasteiger partial charge in [-0.05, 0) is 25.0 Å². The van der Waals surface area contributed by atoms with E-state index in [2.05, 4.69) is 0 Å². The van der Waals surface area contributed by atoms with E-state index in [4.69, 9.17) is 9.84 Å². The standard InChI is InChI=1S/C12H11FO4/c13-9-3-7(6-14)4-10(5-9)17-11(12(15)16)8-1-2-8/h3-6,8,11H,1-2H2,(H,15,16). The predicted octanol–water partition coefficient (Wildman–Crippen LogP) is 1.88. The van der Waals surface area contributed by atoms with E-state index in [1.807, 2.05) is 0 Å². The van der Waals surface area contributed by atoms with Crippen LogP contribution in [0, 0.1) is 11.7 Å². The highest BCUT2D eigenvalue weighted by atomic mass is 19.1. The molecule has 90 valence electrons. The smallest absolute Gasteiger partial charge is 0.345 e. The second-order valence-electron chi connectivity index (χ2n) is 4.05. The summed E-state index contributed by atoms with van der Waals surface area (Å²) in [7, 11) is 0. The number of rotatable bonds is 5. The summed E-state index contributed by atoms with van der Waals surface area (Å²) in [6.45, 7) is 0. The Morgan fingerprint density at radius 3 is 2.71 bits per heavy atom. The van der Waals surface area contributed by atoms with E-state index in [0.29, 0.717) is 6.29 Å². The molecule has 4 nitrogen and oxygen atoms in total. The third-order valence-corrected chi connectivity index (χ3v) is 2.59. The second-order valence-corrected chi connectivity index (χ2v) is 4.05. The van der Waals surface area contributed by atoms with E-state index < -0.39 is 17.9 Å². The molecule has 0 bridgehead atoms. The Morgan fingerprint density at radius 1 is 1.47 bits per heavy atom. The number of halogens is 1. The number of hydrogen-bond acceptors (Lipinski definition) is 3. The van der Waals surface area contributed by atoms with Gasteiger partial charge in [-0.1, -0.05) is 0 Å². The Hall–Kier alpha value is -1.91. The van der Waals surface area contributed by atoms with Crippen molar-refractivity contribution in [1.82, 2.24) is 0 Å². The summed E-state index contributed by atoms with van der Waals surface area (Å²) in [5.74, 6) is -1.63. The average Bonchev–Trinajstić information content (AvgIpc) is 3.08. The molecule has 1 aromatic carbocycles. The molecule has 0 radical (unpaired) electrons. The minimum atomic E-state index is -1.07. The van der Waals surface area contributed by atoms with Crippen molar-refractivity contribution in [2.24, 2.45) is 5.92 Å². The molecular weight excluding hydrogens is 227 g/mol. The number of aldehydes is 1. The summed E-state index contributed by atoms with van der Waals surface area (Å²) in [5.41, 5.74) is 0.125. The maximum absolute atomic E-state index is 13.1. The number of carbonyl (C=O) groups excluding carboxylic acids is 1. The molecule has 1 fully saturated rings. The largest absolute Gasteiger partial charge is 0.478 e. The molecule has 0 amide bonds. The monoisotopic (exact) mass is 238 g/mol. The number of benzene rings is 1. The Bertz CT molecular complexity index is 454. The minimum Gasteiger partial charge on any atom is -0.478 e. The molecule has 17 heavy (non-hydrogen) atoms. The fourth-order valence-electron chi connectivity index (χ4n) is 1.61. The van der Waals surface area contributed by atoms with Crippen molar-refractivity contribution in [2.75, 3.05) is 0 Å². The molecule has 2 rings (SSSR count). The summed E-state index contributed by atoms with van der Waals surface area (Å²) in [4.78, 5) is 21.5. The van der Waals surface area contributed by atoms with Crippen molar-refractivity contribution >= 4 is 12.3 Å². The van der Waals surface area contributed by atoms with Crippen molar-refractivity contribution < 1.29 is 23.8 Å². The van der Waals surface area contributed by atoms with Crippen LogP contribution in [0.3, 0.4) is 0 Å². The normalized spacial score (nSPS) is 16.3. The van der Waals surface area contributed by atoms with Crippen LogP contribution in [0.4, 0.5) is 4.39 Å². The van der Waals surface area contributed by atoms with Gasteiger partial charge in [-0.15, -0.1) is 0 Å². The number of carboxylic acids is 1. The molecule has 0 spiro atoms. The average molecular weight is 238 g/mol. The first-order valence-corrected chi connectivity index (χ1v) is 5.25. The SMILES string of the molecule is O=Cc1cc(F)cc(OC(C(=O)O)C2CC2)c1. The molecule has 1 atom stereocenters. The Kier molecular flexibility index (Phi) is 3.08. The van der Waals surface area contributed by atoms with Gasteiger partial charge in [0.2, 0.25) is 0 Å². The van der Waals surface area contributed by atoms with Gasteiger partial charge in [0.1, 0.15) is 17.9 Å². The number of carboxylic acid groups (broad SMARTS) is 1. The zero-order valence-electron chi connectivity index (χ0n) is 8.93. The topological polar surface area (TPSA) is 63.6 Å². The number of hydrogen-bond donors (Lipinski definition) is 1. The second kappa shape index (κ2) is 4.53. The first-order chi connectivity index (χ1) is 8.10. The summed E-state index contributed by atoms with van der Waals surface area (Å²) in [6.07, 6.45) is 1.12. The van der Waals surface area contributed by atoms with Gasteiger partial charge in [-0.25, -0.2) is 9.18 Å². The quantitative estimate of drug-likeness (QED) is 0.795. The van der Waals surface area contributed by atoms with E-state index in [-0.39, 0.29) is 17.2 Å². The van der Waals surface area contributed by atoms with Crippen LogP contribution in [0.1, 0.15) is 23.2 Å². The highest BCUT2D eigenvalue weighted by Gasteiger charge is 2.38. The lowest BCUT2D eigenvalue weighted by Crippen LogP contribution is -2.29. The minimum absolute atomic E-state index is 0.0181. The first-order valence-electron chi connectivity index (χ1n) is 5.25. The third kappa shape index (κ3) is 2.81. The van der Waals surface area contributed by atoms with Gasteiger partial charge >= 0.3 is 5.97 Å². The van der Waals surface area contributed by atoms with Crippen LogP contribution in [0.5, 0.6) is 5.75 Å². The van der Waals surface area contributed by atoms with Crippen LogP contribution < -0.4 is 4.74 Å². The molecule has 0 heterocycles. The molecular formula is C12H11FO4. The van der Waals surface area contributed by atoms with Crippen LogP contribution in [0.2, 0.25) is 0 Å². The van der Waals surface area contributed by atoms with E-state index >= 15 is 0 Å². The lowest BCUT2D eigenvalue weighted by Gasteiger charge is -2.14. The first kappa shape index (κ1) is 11.6. The van der Waals surface area contributed by atoms with Crippen LogP contribution in [-0.4, -0.2) is 23.5 Å². The number of carbonyl (C=O) groups is 2. The molecule has 0 aliphatic heterocycles. The van der Waals surface area contributed by atoms with E-state index in [1.54, 1.807) is 0 Å². The van der Waals surface area contributed by atoms with Crippen molar-refractivity contribution in [3.63, 3.8) is 0 Å². The molecule has 1 aliphatic rings. The van der Waals surface area contributed by atoms with Crippen LogP contribution >= 0.6 is 0 Å². The lowest BCUT2D eigenvalue weighted by atomic mass is 10.2. The van der Waals surface area contributed by atoms with Gasteiger partial charge in [-0.2, -0.15) is 0 Å². The van der Waals surface area contributed by atoms with E-state index in [9.17, 15) is 14.0 Å². The summed E-state index contributed by atoms with van der Waals surface area (Å²) in [5, 5.41) is 8.95. The molecule has 0 aromatic heterocycles. The van der Waals surface area contributed by atoms with Gasteiger partial charge in [0, 0.05) is 17.5 Å². The Morgan fingerprint density at radius 2 is 2.18 bits per heavy atom. The van der Waals surface area contributed by atoms with Crippen molar-refractivity contribution in [3.05, 3.63) is 29.6 Å². The maximum atomic E-state index is 13.1. The molecule has 1 N–H and O–H groups in total. The van der Waals surface area contributed by atoms with E-state index in [1.165, 1.54) is 6.07 Å². The van der Waals surface area contributed by atoms with Crippen LogP contribution in [-0.2, 0) is 4.79 Å². The van der Waals surface area contributed by atoms with Crippen molar-refractivity contribution in [2.45, 2.75) is 18.9 Å². The maximum Gasteiger partial charge on any atom is 0.345 e. The van der Waals surface area contributed by atoms with Crippen LogP contribution in [0.25, 0.3) is 0 Å². The van der Waals surface area contributed by atoms with Crippen molar-refractivity contribution in [1.29, 1.82) is 0 Å². The molecule has 1 aromatic rings. The summed E-state index contributed by atoms with van der Waals surface area (Å²) >= 11 is 0. The molecule has 1 saturated carbocycles. The summed E-state index contributed by atoms with van der Waals surface area (Å²) < 4.78 is 18.3. The summed E-state index contributed by atoms with van der Waals surface area (Å²) in [6, 6.07) is 3.46. The van der Waals surface area contributed by atoms with Gasteiger partial charge in [-0.3, -0.25) is 4.79 Å². The van der Waals surface area contributed by atoms with Gasteiger partial charge in [0.05, 0.1) is 0 Å². The highest BCUT2D eigenvalue weighted by Crippen LogP contribution is 2.35. The van der Waals surface area contributed by atoms with Crippen molar-refractivity contribution in [3.8, 4) is 5.75 Å². The van der Waals surface area contributed by atoms with Gasteiger partial charge < -0.3 is 9.84 Å². The molecule has 1 aliphatic carbocycles. The van der Waals surface area contributed by atoms with E-state index in [0.717, 1.165) is 25.0 Å². The third-order valence-electron chi connectivity index (χ3n) is 2.59. The molecule has 0 saturated heterocycles. The zero-order chi connectivity index (χ0) is 12.4. The molecule has 1 unspecified atom stereocenters. The highest BCUT2D eigenvalue weighted by molar-refractivity contribution is 5.76. The predicted molar refractivity (Wildman–Crippen MR) is 56.6 cm³/mol. The fourth-order valence-corrected chi connectivity index (χ4v) is 1.61. The lowest BCUT2D eigenvalue weighted by molar-refractivity contribution is -0.146. The number of ether oxygens (including phenoxy) is 1. The van der Waals surface area contributed by atoms with Crippen LogP contribution in [0.15, 0.2) is 18.2 Å². The van der Waals surface area contributed by atoms with Gasteiger partial charge in [0.25, 0.3) is 0 Å². The Balaban J connectivity index is 2.18. The Labute approximate surface area is 97.0 Å². The fraction of sp³-hybridized carbons (Fsp3) is 0.333. The molecule has 5 heteroatoms. The van der Waals surface area contributed by atoms with Gasteiger partial charge in [0.15, 0.2) is 6.10 Å². The zero-order valence-corrected chi connectivity index (χ0v) is 8.93.